The van der Waals surface area contributed by atoms with E-state index in [1.807, 2.05) is 0 Å². The van der Waals surface area contributed by atoms with Gasteiger partial charge < -0.3 is 39.6 Å². The molecule has 344 valence electrons. The van der Waals surface area contributed by atoms with Crippen LogP contribution in [0.2, 0.25) is 0 Å². The zero-order valence-electron chi connectivity index (χ0n) is 36.4. The highest BCUT2D eigenvalue weighted by Gasteiger charge is 2.36. The summed E-state index contributed by atoms with van der Waals surface area (Å²) >= 11 is 0. The Balaban J connectivity index is 0.000000216. The van der Waals surface area contributed by atoms with Gasteiger partial charge in [0, 0.05) is 24.5 Å². The number of hydrogen-bond donors (Lipinski definition) is 5. The van der Waals surface area contributed by atoms with E-state index in [4.69, 9.17) is 24.0 Å². The summed E-state index contributed by atoms with van der Waals surface area (Å²) in [7, 11) is -5.55. The fraction of sp³-hybridized carbons (Fsp3) is 0.244. The highest BCUT2D eigenvalue weighted by Crippen LogP contribution is 2.35. The molecule has 4 aromatic carbocycles. The number of carbonyl (C=O) groups is 2. The number of anilines is 4. The van der Waals surface area contributed by atoms with E-state index in [0.29, 0.717) is 47.5 Å². The Labute approximate surface area is 375 Å². The van der Waals surface area contributed by atoms with Gasteiger partial charge in [-0.25, -0.2) is 25.6 Å². The fourth-order valence-corrected chi connectivity index (χ4v) is 8.74. The molecule has 1 aliphatic rings. The summed E-state index contributed by atoms with van der Waals surface area (Å²) in [6.07, 6.45) is 0. The molecule has 16 nitrogen and oxygen atoms in total. The largest absolute Gasteiger partial charge is 0.495 e. The molecule has 1 fully saturated rings. The van der Waals surface area contributed by atoms with E-state index < -0.39 is 49.2 Å². The number of sulfonamides is 2. The maximum absolute atomic E-state index is 14.8. The average molecular weight is 935 g/mol. The van der Waals surface area contributed by atoms with Gasteiger partial charge in [0.15, 0.2) is 0 Å². The van der Waals surface area contributed by atoms with Crippen molar-refractivity contribution in [1.82, 2.24) is 5.32 Å². The zero-order chi connectivity index (χ0) is 47.4. The molecule has 65 heavy (non-hydrogen) atoms. The quantitative estimate of drug-likeness (QED) is 0.0764. The molecule has 2 amide bonds. The van der Waals surface area contributed by atoms with Crippen LogP contribution in [0.15, 0.2) is 116 Å². The maximum Gasteiger partial charge on any atom is 0.262 e. The number of piperazine rings is 1. The molecule has 2 aromatic heterocycles. The second-order valence-corrected chi connectivity index (χ2v) is 18.8. The van der Waals surface area contributed by atoms with Gasteiger partial charge in [-0.1, -0.05) is 0 Å². The number of benzene rings is 4. The number of nitrogens with one attached hydrogen (secondary N) is 4. The number of amides is 2. The van der Waals surface area contributed by atoms with Gasteiger partial charge in [0.05, 0.1) is 58.1 Å². The molecular weight excluding hydrogens is 887 g/mol. The van der Waals surface area contributed by atoms with Crippen LogP contribution >= 0.6 is 0 Å². The Morgan fingerprint density at radius 2 is 1.25 bits per heavy atom. The van der Waals surface area contributed by atoms with Crippen molar-refractivity contribution in [3.05, 3.63) is 120 Å². The molecule has 0 radical (unpaired) electrons. The van der Waals surface area contributed by atoms with Crippen molar-refractivity contribution in [2.45, 2.75) is 56.0 Å². The first-order chi connectivity index (χ1) is 30.6. The third-order valence-electron chi connectivity index (χ3n) is 10.1. The molecule has 6 aromatic rings. The molecule has 6 N–H and O–H groups in total. The summed E-state index contributed by atoms with van der Waals surface area (Å²) in [5, 5.41) is 5.73. The van der Waals surface area contributed by atoms with E-state index in [9.17, 15) is 35.2 Å². The number of halogens is 2. The fourth-order valence-electron chi connectivity index (χ4n) is 6.60. The van der Waals surface area contributed by atoms with E-state index in [1.165, 1.54) is 69.7 Å². The zero-order valence-corrected chi connectivity index (χ0v) is 38.0. The molecule has 0 unspecified atom stereocenters. The van der Waals surface area contributed by atoms with Gasteiger partial charge in [-0.2, -0.15) is 0 Å². The number of methoxy groups -OCH3 is 2. The number of rotatable bonds is 13. The lowest BCUT2D eigenvalue weighted by molar-refractivity contribution is -0.125. The number of hydrogen-bond acceptors (Lipinski definition) is 12. The number of ether oxygens (including phenoxy) is 2. The molecule has 1 saturated heterocycles. The van der Waals surface area contributed by atoms with Gasteiger partial charge in [0.2, 0.25) is 11.8 Å². The highest BCUT2D eigenvalue weighted by molar-refractivity contribution is 7.93. The van der Waals surface area contributed by atoms with Crippen LogP contribution in [0.4, 0.5) is 31.5 Å². The van der Waals surface area contributed by atoms with Gasteiger partial charge >= 0.3 is 0 Å². The molecular formula is C45H48F2N6O10S2. The van der Waals surface area contributed by atoms with Crippen molar-refractivity contribution in [2.24, 2.45) is 5.73 Å². The smallest absolute Gasteiger partial charge is 0.262 e. The van der Waals surface area contributed by atoms with E-state index in [1.54, 1.807) is 69.0 Å². The normalized spacial score (nSPS) is 14.2. The number of aryl methyl sites for hydroxylation is 2. The molecule has 3 heterocycles. The third-order valence-corrected chi connectivity index (χ3v) is 12.8. The standard InChI is InChI=1S/C24H26FN3O5S.C21H22FN3O5S/c1-15-5-9-21(33-15)18-8-7-17(14-19(18)25)34(30,31)27-20-13-16(6-10-22(20)32-4)28-12-11-26-24(2,3)23(28)29;1-12-4-8-19(30-12)16-7-6-15(11-17(16)22)31(27,28)25-18-10-14(5-9-20(18)29-3)24-21(26)13(2)23/h5-10,13-14,26-27H,11-12H2,1-4H3;4-11,13,25H,23H2,1-3H3,(H,24,26)/t;13-/m.1/s1. The van der Waals surface area contributed by atoms with Crippen molar-refractivity contribution in [3.63, 3.8) is 0 Å². The first-order valence-electron chi connectivity index (χ1n) is 19.9. The summed E-state index contributed by atoms with van der Waals surface area (Å²) in [5.74, 6) is 0.253. The average Bonchev–Trinajstić information content (AvgIpc) is 3.89. The second-order valence-electron chi connectivity index (χ2n) is 15.4. The van der Waals surface area contributed by atoms with E-state index in [-0.39, 0.29) is 49.7 Å². The number of nitrogens with zero attached hydrogens (tertiary/aromatic N) is 1. The molecule has 0 spiro atoms. The Kier molecular flexibility index (Phi) is 14.1. The topological polar surface area (TPSA) is 225 Å². The van der Waals surface area contributed by atoms with Crippen LogP contribution < -0.4 is 40.2 Å². The maximum atomic E-state index is 14.8. The van der Waals surface area contributed by atoms with Gasteiger partial charge in [-0.3, -0.25) is 19.0 Å². The Morgan fingerprint density at radius 1 is 0.754 bits per heavy atom. The van der Waals surface area contributed by atoms with Gasteiger partial charge in [-0.15, -0.1) is 0 Å². The summed E-state index contributed by atoms with van der Waals surface area (Å²) in [4.78, 5) is 25.7. The molecule has 0 aliphatic carbocycles. The van der Waals surface area contributed by atoms with E-state index in [2.05, 4.69) is 20.1 Å². The summed E-state index contributed by atoms with van der Waals surface area (Å²) in [6.45, 7) is 9.58. The Hall–Kier alpha value is -6.74. The van der Waals surface area contributed by atoms with Crippen LogP contribution in [0.5, 0.6) is 11.5 Å². The predicted octanol–water partition coefficient (Wildman–Crippen LogP) is 7.41. The lowest BCUT2D eigenvalue weighted by Gasteiger charge is -2.38. The van der Waals surface area contributed by atoms with Crippen molar-refractivity contribution in [3.8, 4) is 34.1 Å². The van der Waals surface area contributed by atoms with Crippen LogP contribution in [0.1, 0.15) is 32.3 Å². The molecule has 0 saturated carbocycles. The highest BCUT2D eigenvalue weighted by atomic mass is 32.2. The second kappa shape index (κ2) is 19.2. The van der Waals surface area contributed by atoms with Crippen molar-refractivity contribution < 1.29 is 53.5 Å². The molecule has 1 aliphatic heterocycles. The van der Waals surface area contributed by atoms with Gasteiger partial charge in [0.1, 0.15) is 46.2 Å². The summed E-state index contributed by atoms with van der Waals surface area (Å²) in [5.41, 5.74) is 6.13. The van der Waals surface area contributed by atoms with E-state index in [0.717, 1.165) is 12.1 Å². The monoisotopic (exact) mass is 934 g/mol. The van der Waals surface area contributed by atoms with Crippen molar-refractivity contribution in [2.75, 3.05) is 47.0 Å². The van der Waals surface area contributed by atoms with Gasteiger partial charge in [0.25, 0.3) is 20.0 Å². The molecule has 7 rings (SSSR count). The Morgan fingerprint density at radius 3 is 1.69 bits per heavy atom. The summed E-state index contributed by atoms with van der Waals surface area (Å²) < 4.78 is 107. The predicted molar refractivity (Wildman–Crippen MR) is 242 cm³/mol. The Bertz CT molecular complexity index is 2970. The van der Waals surface area contributed by atoms with Gasteiger partial charge in [-0.05, 0) is 132 Å². The minimum atomic E-state index is -4.16. The van der Waals surface area contributed by atoms with Crippen molar-refractivity contribution >= 4 is 54.6 Å². The van der Waals surface area contributed by atoms with Crippen LogP contribution in [0.3, 0.4) is 0 Å². The lowest BCUT2D eigenvalue weighted by atomic mass is 10.00. The van der Waals surface area contributed by atoms with Crippen LogP contribution in [0, 0.1) is 25.5 Å². The first kappa shape index (κ1) is 47.7. The minimum absolute atomic E-state index is 0.0659. The van der Waals surface area contributed by atoms with Crippen LogP contribution in [-0.2, 0) is 29.6 Å². The molecule has 20 heteroatoms. The molecule has 0 bridgehead atoms. The lowest BCUT2D eigenvalue weighted by Crippen LogP contribution is -2.61. The van der Waals surface area contributed by atoms with Crippen LogP contribution in [0.25, 0.3) is 22.6 Å². The third kappa shape index (κ3) is 11.0. The number of furan rings is 2. The SMILES string of the molecule is COc1ccc(N2CCNC(C)(C)C2=O)cc1NS(=O)(=O)c1ccc(-c2ccc(C)o2)c(F)c1.COc1ccc(NC(=O)[C@@H](C)N)cc1NS(=O)(=O)c1ccc(-c2ccc(C)o2)c(F)c1. The first-order valence-corrected chi connectivity index (χ1v) is 22.9. The minimum Gasteiger partial charge on any atom is -0.495 e. The number of nitrogens with two attached hydrogens (primary N) is 1. The van der Waals surface area contributed by atoms with Crippen LogP contribution in [-0.4, -0.2) is 67.5 Å². The summed E-state index contributed by atoms with van der Waals surface area (Å²) in [6, 6.07) is 22.2. The van der Waals surface area contributed by atoms with E-state index >= 15 is 0 Å². The number of carbonyl (C=O) groups excluding carboxylic acids is 2. The molecule has 1 atom stereocenters. The van der Waals surface area contributed by atoms with Crippen molar-refractivity contribution in [1.29, 1.82) is 0 Å².